The highest BCUT2D eigenvalue weighted by Gasteiger charge is 2.07. The normalized spacial score (nSPS) is 10.6. The highest BCUT2D eigenvalue weighted by atomic mass is 79.9. The maximum atomic E-state index is 10.5. The van der Waals surface area contributed by atoms with Gasteiger partial charge in [-0.1, -0.05) is 0 Å². The van der Waals surface area contributed by atoms with E-state index in [2.05, 4.69) is 15.9 Å². The SMILES string of the molecule is O=Cc1csc2scc(Br)c12. The zero-order chi connectivity index (χ0) is 7.84. The standard InChI is InChI=1S/C7H3BrOS2/c8-5-3-11-7-6(5)4(1-9)2-10-7/h1-3H. The molecule has 2 heterocycles. The molecule has 0 amide bonds. The minimum atomic E-state index is 0.790. The van der Waals surface area contributed by atoms with Gasteiger partial charge in [-0.15, -0.1) is 22.7 Å². The van der Waals surface area contributed by atoms with Crippen LogP contribution >= 0.6 is 38.6 Å². The van der Waals surface area contributed by atoms with Crippen LogP contribution < -0.4 is 0 Å². The molecule has 0 N–H and O–H groups in total. The van der Waals surface area contributed by atoms with Gasteiger partial charge in [0.15, 0.2) is 6.29 Å². The van der Waals surface area contributed by atoms with Crippen molar-refractivity contribution in [2.45, 2.75) is 0 Å². The van der Waals surface area contributed by atoms with Gasteiger partial charge in [0, 0.05) is 26.2 Å². The molecule has 0 aromatic carbocycles. The molecular formula is C7H3BrOS2. The second kappa shape index (κ2) is 2.69. The van der Waals surface area contributed by atoms with Crippen molar-refractivity contribution >= 4 is 54.3 Å². The molecule has 0 spiro atoms. The van der Waals surface area contributed by atoms with Gasteiger partial charge in [-0.3, -0.25) is 4.79 Å². The fourth-order valence-electron chi connectivity index (χ4n) is 0.926. The van der Waals surface area contributed by atoms with E-state index in [1.54, 1.807) is 22.7 Å². The van der Waals surface area contributed by atoms with Gasteiger partial charge in [-0.25, -0.2) is 0 Å². The molecule has 4 heteroatoms. The summed E-state index contributed by atoms with van der Waals surface area (Å²) in [6.45, 7) is 0. The third-order valence-corrected chi connectivity index (χ3v) is 4.49. The van der Waals surface area contributed by atoms with Crippen LogP contribution in [0.15, 0.2) is 15.2 Å². The Morgan fingerprint density at radius 3 is 2.82 bits per heavy atom. The van der Waals surface area contributed by atoms with Crippen LogP contribution in [0.3, 0.4) is 0 Å². The first-order valence-corrected chi connectivity index (χ1v) is 5.47. The van der Waals surface area contributed by atoms with Crippen LogP contribution in [0.2, 0.25) is 0 Å². The maximum Gasteiger partial charge on any atom is 0.151 e. The number of hydrogen-bond acceptors (Lipinski definition) is 3. The zero-order valence-corrected chi connectivity index (χ0v) is 8.55. The van der Waals surface area contributed by atoms with E-state index in [4.69, 9.17) is 0 Å². The van der Waals surface area contributed by atoms with Gasteiger partial charge in [-0.2, -0.15) is 0 Å². The number of halogens is 1. The number of carbonyl (C=O) groups is 1. The average molecular weight is 247 g/mol. The van der Waals surface area contributed by atoms with Gasteiger partial charge < -0.3 is 0 Å². The number of aldehydes is 1. The second-order valence-corrected chi connectivity index (χ2v) is 4.93. The summed E-state index contributed by atoms with van der Waals surface area (Å²) in [7, 11) is 0. The van der Waals surface area contributed by atoms with Gasteiger partial charge in [0.1, 0.15) is 0 Å². The quantitative estimate of drug-likeness (QED) is 0.704. The van der Waals surface area contributed by atoms with Crippen molar-refractivity contribution in [3.8, 4) is 0 Å². The van der Waals surface area contributed by atoms with Crippen LogP contribution in [0.1, 0.15) is 10.4 Å². The Hall–Kier alpha value is -0.190. The van der Waals surface area contributed by atoms with E-state index < -0.39 is 0 Å². The van der Waals surface area contributed by atoms with Crippen molar-refractivity contribution < 1.29 is 4.79 Å². The molecule has 0 atom stereocenters. The molecule has 0 saturated heterocycles. The van der Waals surface area contributed by atoms with Crippen LogP contribution in [-0.4, -0.2) is 6.29 Å². The smallest absolute Gasteiger partial charge is 0.151 e. The van der Waals surface area contributed by atoms with Crippen molar-refractivity contribution in [3.05, 3.63) is 20.8 Å². The third kappa shape index (κ3) is 1.06. The van der Waals surface area contributed by atoms with Gasteiger partial charge in [-0.05, 0) is 15.9 Å². The Morgan fingerprint density at radius 1 is 1.36 bits per heavy atom. The molecule has 0 bridgehead atoms. The van der Waals surface area contributed by atoms with Gasteiger partial charge >= 0.3 is 0 Å². The molecule has 0 fully saturated rings. The zero-order valence-electron chi connectivity index (χ0n) is 5.33. The monoisotopic (exact) mass is 246 g/mol. The minimum absolute atomic E-state index is 0.790. The average Bonchev–Trinajstić information content (AvgIpc) is 2.54. The molecule has 0 unspecified atom stereocenters. The summed E-state index contributed by atoms with van der Waals surface area (Å²) in [6.07, 6.45) is 0.899. The fourth-order valence-corrected chi connectivity index (χ4v) is 3.83. The van der Waals surface area contributed by atoms with E-state index in [-0.39, 0.29) is 0 Å². The summed E-state index contributed by atoms with van der Waals surface area (Å²) in [5.74, 6) is 0. The lowest BCUT2D eigenvalue weighted by Crippen LogP contribution is -1.71. The van der Waals surface area contributed by atoms with Gasteiger partial charge in [0.25, 0.3) is 0 Å². The summed E-state index contributed by atoms with van der Waals surface area (Å²) in [5.41, 5.74) is 0.790. The minimum Gasteiger partial charge on any atom is -0.298 e. The Bertz CT molecular complexity index is 401. The number of fused-ring (bicyclic) bond motifs is 1. The highest BCUT2D eigenvalue weighted by Crippen LogP contribution is 2.36. The summed E-state index contributed by atoms with van der Waals surface area (Å²) in [6, 6.07) is 0. The molecule has 1 nitrogen and oxygen atoms in total. The number of hydrogen-bond donors (Lipinski definition) is 0. The van der Waals surface area contributed by atoms with E-state index in [1.165, 1.54) is 4.01 Å². The topological polar surface area (TPSA) is 17.1 Å². The predicted octanol–water partition coefficient (Wildman–Crippen LogP) is 3.54. The number of rotatable bonds is 1. The fraction of sp³-hybridized carbons (Fsp3) is 0. The second-order valence-electron chi connectivity index (χ2n) is 2.05. The van der Waals surface area contributed by atoms with Gasteiger partial charge in [0.2, 0.25) is 0 Å². The lowest BCUT2D eigenvalue weighted by atomic mass is 10.3. The van der Waals surface area contributed by atoms with Crippen molar-refractivity contribution in [1.29, 1.82) is 0 Å². The van der Waals surface area contributed by atoms with E-state index in [0.29, 0.717) is 0 Å². The molecule has 56 valence electrons. The van der Waals surface area contributed by atoms with Crippen molar-refractivity contribution in [2.75, 3.05) is 0 Å². The molecule has 0 aliphatic carbocycles. The molecule has 11 heavy (non-hydrogen) atoms. The summed E-state index contributed by atoms with van der Waals surface area (Å²) in [4.78, 5) is 10.5. The van der Waals surface area contributed by atoms with E-state index >= 15 is 0 Å². The maximum absolute atomic E-state index is 10.5. The van der Waals surface area contributed by atoms with Crippen LogP contribution in [0.4, 0.5) is 0 Å². The molecule has 2 rings (SSSR count). The van der Waals surface area contributed by atoms with Crippen LogP contribution in [0, 0.1) is 0 Å². The molecular weight excluding hydrogens is 244 g/mol. The molecule has 2 aromatic heterocycles. The predicted molar refractivity (Wildman–Crippen MR) is 52.8 cm³/mol. The Balaban J connectivity index is 2.90. The lowest BCUT2D eigenvalue weighted by molar-refractivity contribution is 0.112. The van der Waals surface area contributed by atoms with Crippen molar-refractivity contribution in [1.82, 2.24) is 0 Å². The Labute approximate surface area is 79.8 Å². The van der Waals surface area contributed by atoms with E-state index in [0.717, 1.165) is 21.7 Å². The lowest BCUT2D eigenvalue weighted by Gasteiger charge is -1.81. The van der Waals surface area contributed by atoms with Gasteiger partial charge in [0.05, 0.1) is 4.01 Å². The highest BCUT2D eigenvalue weighted by molar-refractivity contribution is 9.10. The van der Waals surface area contributed by atoms with E-state index in [1.807, 2.05) is 10.8 Å². The molecule has 0 aliphatic heterocycles. The van der Waals surface area contributed by atoms with Crippen LogP contribution in [-0.2, 0) is 0 Å². The summed E-state index contributed by atoms with van der Waals surface area (Å²) < 4.78 is 2.24. The van der Waals surface area contributed by atoms with E-state index in [9.17, 15) is 4.79 Å². The van der Waals surface area contributed by atoms with Crippen molar-refractivity contribution in [3.63, 3.8) is 0 Å². The first-order valence-electron chi connectivity index (χ1n) is 2.92. The number of thiophene rings is 2. The molecule has 0 saturated carbocycles. The summed E-state index contributed by atoms with van der Waals surface area (Å²) in [5, 5.41) is 4.96. The first-order chi connectivity index (χ1) is 5.33. The molecule has 2 aromatic rings. The molecule has 0 radical (unpaired) electrons. The Morgan fingerprint density at radius 2 is 2.09 bits per heavy atom. The van der Waals surface area contributed by atoms with Crippen LogP contribution in [0.25, 0.3) is 9.40 Å². The number of carbonyl (C=O) groups excluding carboxylic acids is 1. The van der Waals surface area contributed by atoms with Crippen molar-refractivity contribution in [2.24, 2.45) is 0 Å². The first kappa shape index (κ1) is 7.46. The van der Waals surface area contributed by atoms with Crippen LogP contribution in [0.5, 0.6) is 0 Å². The summed E-state index contributed by atoms with van der Waals surface area (Å²) >= 11 is 6.68. The largest absolute Gasteiger partial charge is 0.298 e. The molecule has 0 aliphatic rings. The third-order valence-electron chi connectivity index (χ3n) is 1.42. The Kier molecular flexibility index (Phi) is 1.83.